The van der Waals surface area contributed by atoms with E-state index in [4.69, 9.17) is 9.47 Å². The van der Waals surface area contributed by atoms with Gasteiger partial charge in [0.15, 0.2) is 0 Å². The van der Waals surface area contributed by atoms with Crippen molar-refractivity contribution < 1.29 is 9.47 Å². The highest BCUT2D eigenvalue weighted by Crippen LogP contribution is 2.29. The van der Waals surface area contributed by atoms with Crippen LogP contribution in [0.5, 0.6) is 11.5 Å². The van der Waals surface area contributed by atoms with Crippen LogP contribution in [0.15, 0.2) is 18.2 Å². The fourth-order valence-electron chi connectivity index (χ4n) is 3.98. The van der Waals surface area contributed by atoms with E-state index in [0.29, 0.717) is 5.92 Å². The second-order valence-electron chi connectivity index (χ2n) is 7.07. The maximum Gasteiger partial charge on any atom is 0.147 e. The van der Waals surface area contributed by atoms with Gasteiger partial charge < -0.3 is 19.4 Å². The first-order valence-corrected chi connectivity index (χ1v) is 9.34. The molecule has 0 radical (unpaired) electrons. The molecule has 27 heavy (non-hydrogen) atoms. The van der Waals surface area contributed by atoms with E-state index >= 15 is 0 Å². The van der Waals surface area contributed by atoms with Crippen LogP contribution >= 0.6 is 12.4 Å². The largest absolute Gasteiger partial charge is 0.497 e. The van der Waals surface area contributed by atoms with Gasteiger partial charge in [-0.05, 0) is 43.6 Å². The van der Waals surface area contributed by atoms with E-state index in [-0.39, 0.29) is 12.4 Å². The number of piperidine rings is 1. The molecule has 148 valence electrons. The summed E-state index contributed by atoms with van der Waals surface area (Å²) in [7, 11) is 3.39. The first-order valence-electron chi connectivity index (χ1n) is 9.34. The maximum absolute atomic E-state index is 5.38. The Morgan fingerprint density at radius 3 is 2.41 bits per heavy atom. The van der Waals surface area contributed by atoms with Crippen molar-refractivity contribution >= 4 is 12.4 Å². The zero-order valence-electron chi connectivity index (χ0n) is 16.0. The van der Waals surface area contributed by atoms with Crippen molar-refractivity contribution in [3.8, 4) is 11.5 Å². The van der Waals surface area contributed by atoms with Gasteiger partial charge in [-0.1, -0.05) is 0 Å². The second-order valence-corrected chi connectivity index (χ2v) is 7.07. The molecule has 1 aromatic carbocycles. The van der Waals surface area contributed by atoms with Crippen LogP contribution in [0.3, 0.4) is 0 Å². The average Bonchev–Trinajstić information content (AvgIpc) is 3.12. The Bertz CT molecular complexity index is 736. The number of hydrogen-bond acceptors (Lipinski definition) is 6. The van der Waals surface area contributed by atoms with Crippen LogP contribution in [-0.4, -0.2) is 53.5 Å². The molecule has 3 heterocycles. The highest BCUT2D eigenvalue weighted by molar-refractivity contribution is 5.85. The fraction of sp³-hybridized carbons (Fsp3) is 0.579. The van der Waals surface area contributed by atoms with Gasteiger partial charge in [0.25, 0.3) is 0 Å². The summed E-state index contributed by atoms with van der Waals surface area (Å²) in [6.45, 7) is 5.90. The van der Waals surface area contributed by atoms with E-state index in [0.717, 1.165) is 69.4 Å². The molecular weight excluding hydrogens is 366 g/mol. The van der Waals surface area contributed by atoms with E-state index in [1.54, 1.807) is 14.2 Å². The molecule has 0 saturated carbocycles. The van der Waals surface area contributed by atoms with Gasteiger partial charge in [-0.3, -0.25) is 4.90 Å². The Morgan fingerprint density at radius 1 is 1.04 bits per heavy atom. The van der Waals surface area contributed by atoms with Crippen molar-refractivity contribution in [3.63, 3.8) is 0 Å². The lowest BCUT2D eigenvalue weighted by Gasteiger charge is -2.32. The number of fused-ring (bicyclic) bond motifs is 1. The Kier molecular flexibility index (Phi) is 6.57. The number of rotatable bonds is 5. The van der Waals surface area contributed by atoms with E-state index < -0.39 is 0 Å². The van der Waals surface area contributed by atoms with Gasteiger partial charge >= 0.3 is 0 Å². The van der Waals surface area contributed by atoms with Crippen LogP contribution in [0.4, 0.5) is 0 Å². The highest BCUT2D eigenvalue weighted by atomic mass is 35.5. The summed E-state index contributed by atoms with van der Waals surface area (Å²) in [5.41, 5.74) is 1.23. The number of nitrogens with zero attached hydrogens (tertiary/aromatic N) is 4. The van der Waals surface area contributed by atoms with E-state index in [9.17, 15) is 0 Å². The molecule has 4 rings (SSSR count). The zero-order valence-corrected chi connectivity index (χ0v) is 16.8. The number of methoxy groups -OCH3 is 2. The zero-order chi connectivity index (χ0) is 17.9. The quantitative estimate of drug-likeness (QED) is 0.840. The smallest absolute Gasteiger partial charge is 0.147 e. The Hall–Kier alpha value is -1.83. The summed E-state index contributed by atoms with van der Waals surface area (Å²) < 4.78 is 13.1. The molecule has 0 atom stereocenters. The monoisotopic (exact) mass is 393 g/mol. The van der Waals surface area contributed by atoms with Crippen molar-refractivity contribution in [1.82, 2.24) is 25.0 Å². The Labute approximate surface area is 166 Å². The molecule has 2 aliphatic heterocycles. The van der Waals surface area contributed by atoms with Gasteiger partial charge in [0.1, 0.15) is 23.1 Å². The molecule has 0 unspecified atom stereocenters. The molecule has 0 amide bonds. The van der Waals surface area contributed by atoms with Crippen LogP contribution in [0.2, 0.25) is 0 Å². The molecule has 1 fully saturated rings. The summed E-state index contributed by atoms with van der Waals surface area (Å²) in [5, 5.41) is 12.2. The third-order valence-electron chi connectivity index (χ3n) is 5.42. The molecule has 7 nitrogen and oxygen atoms in total. The number of likely N-dealkylation sites (tertiary alicyclic amines) is 1. The highest BCUT2D eigenvalue weighted by Gasteiger charge is 2.27. The van der Waals surface area contributed by atoms with Crippen LogP contribution in [0.1, 0.15) is 36.0 Å². The van der Waals surface area contributed by atoms with Crippen LogP contribution in [0, 0.1) is 0 Å². The molecule has 2 aliphatic rings. The second kappa shape index (κ2) is 8.91. The maximum atomic E-state index is 5.38. The first-order chi connectivity index (χ1) is 12.8. The third-order valence-corrected chi connectivity index (χ3v) is 5.42. The predicted molar refractivity (Wildman–Crippen MR) is 106 cm³/mol. The fourth-order valence-corrected chi connectivity index (χ4v) is 3.98. The lowest BCUT2D eigenvalue weighted by molar-refractivity contribution is 0.199. The van der Waals surface area contributed by atoms with E-state index in [2.05, 4.69) is 37.1 Å². The minimum atomic E-state index is 0. The van der Waals surface area contributed by atoms with Gasteiger partial charge in [-0.25, -0.2) is 0 Å². The van der Waals surface area contributed by atoms with E-state index in [1.165, 1.54) is 11.4 Å². The average molecular weight is 394 g/mol. The number of hydrogen-bond donors (Lipinski definition) is 1. The third kappa shape index (κ3) is 4.36. The van der Waals surface area contributed by atoms with Crippen LogP contribution in [-0.2, 0) is 19.6 Å². The molecule has 8 heteroatoms. The number of ether oxygens (including phenoxy) is 2. The van der Waals surface area contributed by atoms with Crippen molar-refractivity contribution in [2.75, 3.05) is 33.9 Å². The molecule has 0 aliphatic carbocycles. The minimum Gasteiger partial charge on any atom is -0.497 e. The van der Waals surface area contributed by atoms with Gasteiger partial charge in [0.05, 0.1) is 20.8 Å². The number of benzene rings is 1. The number of nitrogens with one attached hydrogen (secondary N) is 1. The summed E-state index contributed by atoms with van der Waals surface area (Å²) in [4.78, 5) is 2.50. The van der Waals surface area contributed by atoms with Crippen LogP contribution < -0.4 is 14.8 Å². The van der Waals surface area contributed by atoms with E-state index in [1.807, 2.05) is 6.07 Å². The molecule has 1 N–H and O–H groups in total. The summed E-state index contributed by atoms with van der Waals surface area (Å²) in [6.07, 6.45) is 2.26. The van der Waals surface area contributed by atoms with Crippen molar-refractivity contribution in [3.05, 3.63) is 35.4 Å². The number of halogens is 1. The Morgan fingerprint density at radius 2 is 1.74 bits per heavy atom. The first kappa shape index (κ1) is 19.9. The normalized spacial score (nSPS) is 17.9. The van der Waals surface area contributed by atoms with Gasteiger partial charge in [0.2, 0.25) is 0 Å². The molecule has 0 bridgehead atoms. The SMILES string of the molecule is COc1cc(CN2CCC(c3nnc4n3CCNC4)CC2)cc(OC)c1.Cl. The summed E-state index contributed by atoms with van der Waals surface area (Å²) in [6, 6.07) is 6.10. The van der Waals surface area contributed by atoms with Gasteiger partial charge in [0, 0.05) is 31.6 Å². The standard InChI is InChI=1S/C19H27N5O2.ClH/c1-25-16-9-14(10-17(11-16)26-2)13-23-6-3-15(4-7-23)19-22-21-18-12-20-5-8-24(18)19;/h9-11,15,20H,3-8,12-13H2,1-2H3;1H. The van der Waals surface area contributed by atoms with Crippen molar-refractivity contribution in [1.29, 1.82) is 0 Å². The lowest BCUT2D eigenvalue weighted by Crippen LogP contribution is -2.34. The van der Waals surface area contributed by atoms with Crippen molar-refractivity contribution in [2.45, 2.75) is 38.4 Å². The summed E-state index contributed by atoms with van der Waals surface area (Å²) in [5.74, 6) is 4.47. The number of aromatic nitrogens is 3. The van der Waals surface area contributed by atoms with Gasteiger partial charge in [-0.15, -0.1) is 22.6 Å². The Balaban J connectivity index is 0.00000210. The molecular formula is C19H28ClN5O2. The molecule has 0 spiro atoms. The molecule has 2 aromatic rings. The predicted octanol–water partition coefficient (Wildman–Crippen LogP) is 2.20. The molecule has 1 saturated heterocycles. The van der Waals surface area contributed by atoms with Crippen LogP contribution in [0.25, 0.3) is 0 Å². The molecule has 1 aromatic heterocycles. The summed E-state index contributed by atoms with van der Waals surface area (Å²) >= 11 is 0. The van der Waals surface area contributed by atoms with Crippen molar-refractivity contribution in [2.24, 2.45) is 0 Å². The van der Waals surface area contributed by atoms with Gasteiger partial charge in [-0.2, -0.15) is 0 Å². The lowest BCUT2D eigenvalue weighted by atomic mass is 9.95. The topological polar surface area (TPSA) is 64.4 Å². The minimum absolute atomic E-state index is 0.